The summed E-state index contributed by atoms with van der Waals surface area (Å²) in [6, 6.07) is 14.0. The van der Waals surface area contributed by atoms with Crippen molar-refractivity contribution in [2.24, 2.45) is 0 Å². The van der Waals surface area contributed by atoms with Crippen LogP contribution in [-0.4, -0.2) is 29.4 Å². The van der Waals surface area contributed by atoms with Crippen molar-refractivity contribution in [3.8, 4) is 0 Å². The molecule has 8 heteroatoms. The summed E-state index contributed by atoms with van der Waals surface area (Å²) in [5.41, 5.74) is 3.41. The number of fused-ring (bicyclic) bond motifs is 1. The molecule has 2 aromatic carbocycles. The Labute approximate surface area is 196 Å². The van der Waals surface area contributed by atoms with Crippen LogP contribution in [0.2, 0.25) is 0 Å². The molecule has 1 aliphatic carbocycles. The van der Waals surface area contributed by atoms with E-state index < -0.39 is 5.97 Å². The van der Waals surface area contributed by atoms with E-state index in [0.29, 0.717) is 35.0 Å². The smallest absolute Gasteiger partial charge is 0.338 e. The topological polar surface area (TPSA) is 97.4 Å². The van der Waals surface area contributed by atoms with E-state index in [9.17, 15) is 14.4 Å². The largest absolute Gasteiger partial charge is 0.462 e. The highest BCUT2D eigenvalue weighted by Crippen LogP contribution is 2.37. The van der Waals surface area contributed by atoms with Gasteiger partial charge in [0.05, 0.1) is 23.8 Å². The number of ether oxygens (including phenoxy) is 1. The molecule has 0 radical (unpaired) electrons. The molecule has 1 aliphatic rings. The van der Waals surface area contributed by atoms with Crippen LogP contribution < -0.4 is 10.6 Å². The molecule has 2 N–H and O–H groups in total. The molecule has 0 fully saturated rings. The number of rotatable bonds is 6. The predicted octanol–water partition coefficient (Wildman–Crippen LogP) is 4.94. The predicted molar refractivity (Wildman–Crippen MR) is 128 cm³/mol. The molecule has 33 heavy (non-hydrogen) atoms. The Balaban J connectivity index is 1.45. The molecule has 7 nitrogen and oxygen atoms in total. The number of thiazole rings is 1. The lowest BCUT2D eigenvalue weighted by Crippen LogP contribution is -2.24. The van der Waals surface area contributed by atoms with E-state index in [2.05, 4.69) is 15.6 Å². The van der Waals surface area contributed by atoms with Gasteiger partial charge in [0.2, 0.25) is 5.91 Å². The molecule has 0 spiro atoms. The Bertz CT molecular complexity index is 1170. The summed E-state index contributed by atoms with van der Waals surface area (Å²) in [5.74, 6) is -1.15. The Morgan fingerprint density at radius 1 is 1.03 bits per heavy atom. The number of hydrogen-bond acceptors (Lipinski definition) is 6. The highest BCUT2D eigenvalue weighted by molar-refractivity contribution is 7.16. The van der Waals surface area contributed by atoms with Crippen molar-refractivity contribution in [3.63, 3.8) is 0 Å². The number of carbonyl (C=O) groups excluding carboxylic acids is 3. The van der Waals surface area contributed by atoms with Crippen LogP contribution in [-0.2, 0) is 16.0 Å². The third kappa shape index (κ3) is 5.28. The number of anilines is 2. The minimum absolute atomic E-state index is 0.151. The summed E-state index contributed by atoms with van der Waals surface area (Å²) in [5, 5.41) is 6.29. The van der Waals surface area contributed by atoms with Crippen molar-refractivity contribution < 1.29 is 19.1 Å². The molecule has 1 atom stereocenters. The normalized spacial score (nSPS) is 14.8. The summed E-state index contributed by atoms with van der Waals surface area (Å²) in [4.78, 5) is 43.0. The van der Waals surface area contributed by atoms with Gasteiger partial charge in [-0.15, -0.1) is 11.3 Å². The van der Waals surface area contributed by atoms with Crippen LogP contribution in [0.4, 0.5) is 10.8 Å². The number of aryl methyl sites for hydroxylation is 2. The summed E-state index contributed by atoms with van der Waals surface area (Å²) in [6.07, 6.45) is 2.40. The molecule has 1 heterocycles. The molecule has 0 saturated heterocycles. The van der Waals surface area contributed by atoms with Crippen LogP contribution >= 0.6 is 11.3 Å². The van der Waals surface area contributed by atoms with Gasteiger partial charge < -0.3 is 10.1 Å². The van der Waals surface area contributed by atoms with Gasteiger partial charge in [0.15, 0.2) is 5.13 Å². The van der Waals surface area contributed by atoms with Crippen molar-refractivity contribution in [1.82, 2.24) is 4.98 Å². The van der Waals surface area contributed by atoms with Gasteiger partial charge in [0, 0.05) is 16.1 Å². The van der Waals surface area contributed by atoms with Crippen LogP contribution in [0.1, 0.15) is 62.5 Å². The zero-order valence-electron chi connectivity index (χ0n) is 18.5. The monoisotopic (exact) mass is 463 g/mol. The maximum absolute atomic E-state index is 13.0. The molecular formula is C25H25N3O4S. The van der Waals surface area contributed by atoms with Gasteiger partial charge in [0.1, 0.15) is 0 Å². The Hall–Kier alpha value is -3.52. The molecule has 1 aromatic heterocycles. The highest BCUT2D eigenvalue weighted by Gasteiger charge is 2.30. The maximum atomic E-state index is 13.0. The second kappa shape index (κ2) is 9.95. The molecule has 0 aliphatic heterocycles. The molecular weight excluding hydrogens is 438 g/mol. The Morgan fingerprint density at radius 2 is 1.73 bits per heavy atom. The van der Waals surface area contributed by atoms with E-state index in [0.717, 1.165) is 29.0 Å². The van der Waals surface area contributed by atoms with E-state index in [1.807, 2.05) is 19.1 Å². The minimum atomic E-state index is -0.394. The molecule has 4 rings (SSSR count). The summed E-state index contributed by atoms with van der Waals surface area (Å²) in [6.45, 7) is 4.03. The van der Waals surface area contributed by atoms with Crippen LogP contribution in [0.3, 0.4) is 0 Å². The van der Waals surface area contributed by atoms with E-state index in [1.165, 1.54) is 11.3 Å². The van der Waals surface area contributed by atoms with Crippen molar-refractivity contribution in [3.05, 3.63) is 75.8 Å². The lowest BCUT2D eigenvalue weighted by Gasteiger charge is -2.20. The van der Waals surface area contributed by atoms with Crippen LogP contribution in [0, 0.1) is 6.92 Å². The van der Waals surface area contributed by atoms with E-state index in [-0.39, 0.29) is 17.7 Å². The van der Waals surface area contributed by atoms with Crippen LogP contribution in [0.25, 0.3) is 0 Å². The molecule has 1 unspecified atom stereocenters. The Kier molecular flexibility index (Phi) is 6.84. The van der Waals surface area contributed by atoms with Gasteiger partial charge in [-0.25, -0.2) is 9.78 Å². The van der Waals surface area contributed by atoms with Gasteiger partial charge in [-0.1, -0.05) is 17.7 Å². The van der Waals surface area contributed by atoms with E-state index in [4.69, 9.17) is 4.74 Å². The summed E-state index contributed by atoms with van der Waals surface area (Å²) >= 11 is 1.42. The first-order valence-corrected chi connectivity index (χ1v) is 11.7. The van der Waals surface area contributed by atoms with Gasteiger partial charge in [-0.05, 0) is 69.5 Å². The lowest BCUT2D eigenvalue weighted by atomic mass is 9.90. The average molecular weight is 464 g/mol. The van der Waals surface area contributed by atoms with Crippen molar-refractivity contribution >= 4 is 39.9 Å². The van der Waals surface area contributed by atoms with E-state index in [1.54, 1.807) is 43.3 Å². The third-order valence-electron chi connectivity index (χ3n) is 5.47. The van der Waals surface area contributed by atoms with Crippen LogP contribution in [0.15, 0.2) is 48.5 Å². The second-order valence-corrected chi connectivity index (χ2v) is 8.96. The van der Waals surface area contributed by atoms with Gasteiger partial charge in [0.25, 0.3) is 5.91 Å². The number of nitrogens with one attached hydrogen (secondary N) is 2. The number of esters is 1. The quantitative estimate of drug-likeness (QED) is 0.505. The van der Waals surface area contributed by atoms with Crippen molar-refractivity contribution in [2.45, 2.75) is 39.0 Å². The zero-order valence-corrected chi connectivity index (χ0v) is 19.3. The maximum Gasteiger partial charge on any atom is 0.338 e. The standard InChI is InChI=1S/C25H25N3O4S/c1-3-32-24(31)17-11-13-18(14-12-17)26-23(30)19-5-4-6-20-21(19)27-25(33-20)28-22(29)16-9-7-15(2)8-10-16/h7-14,19H,3-6H2,1-2H3,(H,26,30)(H,27,28,29). The van der Waals surface area contributed by atoms with Gasteiger partial charge in [-0.3, -0.25) is 14.9 Å². The minimum Gasteiger partial charge on any atom is -0.462 e. The fourth-order valence-electron chi connectivity index (χ4n) is 3.73. The number of aromatic nitrogens is 1. The van der Waals surface area contributed by atoms with Gasteiger partial charge >= 0.3 is 5.97 Å². The fourth-order valence-corrected chi connectivity index (χ4v) is 4.79. The molecule has 0 saturated carbocycles. The summed E-state index contributed by atoms with van der Waals surface area (Å²) in [7, 11) is 0. The van der Waals surface area contributed by atoms with Gasteiger partial charge in [-0.2, -0.15) is 0 Å². The number of benzene rings is 2. The highest BCUT2D eigenvalue weighted by atomic mass is 32.1. The molecule has 2 amide bonds. The average Bonchev–Trinajstić information content (AvgIpc) is 3.22. The van der Waals surface area contributed by atoms with Crippen LogP contribution in [0.5, 0.6) is 0 Å². The molecule has 170 valence electrons. The van der Waals surface area contributed by atoms with Crippen molar-refractivity contribution in [2.75, 3.05) is 17.2 Å². The lowest BCUT2D eigenvalue weighted by molar-refractivity contribution is -0.117. The number of amides is 2. The number of nitrogens with zero attached hydrogens (tertiary/aromatic N) is 1. The first-order valence-electron chi connectivity index (χ1n) is 10.9. The second-order valence-electron chi connectivity index (χ2n) is 7.88. The van der Waals surface area contributed by atoms with E-state index >= 15 is 0 Å². The van der Waals surface area contributed by atoms with Crippen molar-refractivity contribution in [1.29, 1.82) is 0 Å². The first kappa shape index (κ1) is 22.7. The summed E-state index contributed by atoms with van der Waals surface area (Å²) < 4.78 is 4.98. The number of carbonyl (C=O) groups is 3. The first-order chi connectivity index (χ1) is 15.9. The SMILES string of the molecule is CCOC(=O)c1ccc(NC(=O)C2CCCc3sc(NC(=O)c4ccc(C)cc4)nc32)cc1. The number of hydrogen-bond donors (Lipinski definition) is 2. The molecule has 0 bridgehead atoms. The molecule has 3 aromatic rings. The fraction of sp³-hybridized carbons (Fsp3) is 0.280. The zero-order chi connectivity index (χ0) is 23.4. The third-order valence-corrected chi connectivity index (χ3v) is 6.51. The Morgan fingerprint density at radius 3 is 2.42 bits per heavy atom.